The summed E-state index contributed by atoms with van der Waals surface area (Å²) in [5.41, 5.74) is 0.818. The van der Waals surface area contributed by atoms with Crippen LogP contribution in [0.3, 0.4) is 0 Å². The summed E-state index contributed by atoms with van der Waals surface area (Å²) in [7, 11) is 0. The molecule has 0 saturated heterocycles. The third kappa shape index (κ3) is 2.75. The van der Waals surface area contributed by atoms with Crippen molar-refractivity contribution in [3.8, 4) is 0 Å². The van der Waals surface area contributed by atoms with Crippen molar-refractivity contribution in [2.75, 3.05) is 0 Å². The lowest BCUT2D eigenvalue weighted by atomic mass is 10.2. The number of hydrogen-bond donors (Lipinski definition) is 0. The number of hydrogen-bond acceptors (Lipinski definition) is 3. The molecule has 0 unspecified atom stereocenters. The number of benzene rings is 1. The van der Waals surface area contributed by atoms with Gasteiger partial charge in [0.25, 0.3) is 0 Å². The minimum absolute atomic E-state index is 0.0000560. The molecule has 1 aromatic carbocycles. The van der Waals surface area contributed by atoms with E-state index in [4.69, 9.17) is 34.8 Å². The summed E-state index contributed by atoms with van der Waals surface area (Å²) in [6.07, 6.45) is 1.39. The Morgan fingerprint density at radius 3 is 2.50 bits per heavy atom. The summed E-state index contributed by atoms with van der Waals surface area (Å²) in [6, 6.07) is 5.08. The standard InChI is InChI=1S/C10H6Cl3N3O2/c11-7-2-1-6(3-8(7)12)4-15-5-9(13)10(14-15)16(17)18/h1-3,5H,4H2. The van der Waals surface area contributed by atoms with Crippen molar-refractivity contribution in [2.45, 2.75) is 6.54 Å². The molecule has 1 heterocycles. The Hall–Kier alpha value is -1.30. The average molecular weight is 307 g/mol. The van der Waals surface area contributed by atoms with Crippen molar-refractivity contribution >= 4 is 40.6 Å². The van der Waals surface area contributed by atoms with Crippen LogP contribution in [0, 0.1) is 10.1 Å². The predicted octanol–water partition coefficient (Wildman–Crippen LogP) is 3.80. The van der Waals surface area contributed by atoms with Crippen LogP contribution in [0.25, 0.3) is 0 Å². The lowest BCUT2D eigenvalue weighted by Gasteiger charge is -2.00. The first-order valence-electron chi connectivity index (χ1n) is 4.78. The molecule has 0 aliphatic heterocycles. The topological polar surface area (TPSA) is 61.0 Å². The van der Waals surface area contributed by atoms with Crippen LogP contribution in [-0.2, 0) is 6.54 Å². The van der Waals surface area contributed by atoms with E-state index in [0.717, 1.165) is 5.56 Å². The molecule has 5 nitrogen and oxygen atoms in total. The van der Waals surface area contributed by atoms with Crippen molar-refractivity contribution < 1.29 is 4.92 Å². The largest absolute Gasteiger partial charge is 0.408 e. The summed E-state index contributed by atoms with van der Waals surface area (Å²) in [5.74, 6) is -0.364. The summed E-state index contributed by atoms with van der Waals surface area (Å²) in [4.78, 5) is 9.96. The Kier molecular flexibility index (Phi) is 3.75. The Morgan fingerprint density at radius 2 is 1.94 bits per heavy atom. The maximum Gasteiger partial charge on any atom is 0.408 e. The lowest BCUT2D eigenvalue weighted by Crippen LogP contribution is -2.01. The van der Waals surface area contributed by atoms with Gasteiger partial charge in [-0.1, -0.05) is 40.9 Å². The highest BCUT2D eigenvalue weighted by Crippen LogP contribution is 2.25. The third-order valence-electron chi connectivity index (χ3n) is 2.20. The summed E-state index contributed by atoms with van der Waals surface area (Å²) in [5, 5.41) is 15.2. The van der Waals surface area contributed by atoms with Gasteiger partial charge in [-0.2, -0.15) is 4.68 Å². The van der Waals surface area contributed by atoms with Crippen LogP contribution in [0.4, 0.5) is 5.82 Å². The van der Waals surface area contributed by atoms with E-state index >= 15 is 0 Å². The number of halogens is 3. The molecular formula is C10H6Cl3N3O2. The maximum absolute atomic E-state index is 10.6. The number of rotatable bonds is 3. The smallest absolute Gasteiger partial charge is 0.358 e. The fourth-order valence-corrected chi connectivity index (χ4v) is 1.96. The van der Waals surface area contributed by atoms with Crippen LogP contribution in [0.5, 0.6) is 0 Å². The number of nitrogens with zero attached hydrogens (tertiary/aromatic N) is 3. The minimum atomic E-state index is -0.631. The first kappa shape index (κ1) is 13.1. The minimum Gasteiger partial charge on any atom is -0.358 e. The molecule has 2 aromatic rings. The van der Waals surface area contributed by atoms with Gasteiger partial charge in [-0.25, -0.2) is 0 Å². The molecule has 18 heavy (non-hydrogen) atoms. The Morgan fingerprint density at radius 1 is 1.22 bits per heavy atom. The van der Waals surface area contributed by atoms with Crippen LogP contribution >= 0.6 is 34.8 Å². The molecule has 0 N–H and O–H groups in total. The SMILES string of the molecule is O=[N+]([O-])c1nn(Cc2ccc(Cl)c(Cl)c2)cc1Cl. The molecule has 0 amide bonds. The molecule has 0 fully saturated rings. The van der Waals surface area contributed by atoms with Crippen LogP contribution in [0.15, 0.2) is 24.4 Å². The quantitative estimate of drug-likeness (QED) is 0.640. The summed E-state index contributed by atoms with van der Waals surface area (Å²) < 4.78 is 1.38. The highest BCUT2D eigenvalue weighted by atomic mass is 35.5. The molecule has 8 heteroatoms. The van der Waals surface area contributed by atoms with E-state index in [0.29, 0.717) is 16.6 Å². The second-order valence-corrected chi connectivity index (χ2v) is 4.73. The van der Waals surface area contributed by atoms with E-state index < -0.39 is 4.92 Å². The fraction of sp³-hybridized carbons (Fsp3) is 0.100. The van der Waals surface area contributed by atoms with Crippen molar-refractivity contribution in [1.29, 1.82) is 0 Å². The van der Waals surface area contributed by atoms with Gasteiger partial charge in [0.05, 0.1) is 27.9 Å². The van der Waals surface area contributed by atoms with Crippen LogP contribution < -0.4 is 0 Å². The molecule has 1 aromatic heterocycles. The van der Waals surface area contributed by atoms with Gasteiger partial charge in [0.15, 0.2) is 5.02 Å². The Bertz CT molecular complexity index is 612. The number of nitro groups is 1. The second kappa shape index (κ2) is 5.14. The molecule has 0 aliphatic carbocycles. The van der Waals surface area contributed by atoms with E-state index in [1.165, 1.54) is 10.9 Å². The molecule has 94 valence electrons. The molecule has 0 radical (unpaired) electrons. The monoisotopic (exact) mass is 305 g/mol. The van der Waals surface area contributed by atoms with Crippen LogP contribution in [-0.4, -0.2) is 14.7 Å². The zero-order chi connectivity index (χ0) is 13.3. The van der Waals surface area contributed by atoms with Gasteiger partial charge in [-0.15, -0.1) is 0 Å². The van der Waals surface area contributed by atoms with Gasteiger partial charge in [-0.3, -0.25) is 0 Å². The van der Waals surface area contributed by atoms with E-state index in [-0.39, 0.29) is 10.8 Å². The highest BCUT2D eigenvalue weighted by Gasteiger charge is 2.19. The zero-order valence-corrected chi connectivity index (χ0v) is 11.1. The van der Waals surface area contributed by atoms with Crippen molar-refractivity contribution in [1.82, 2.24) is 9.78 Å². The molecule has 0 bridgehead atoms. The second-order valence-electron chi connectivity index (χ2n) is 3.50. The van der Waals surface area contributed by atoms with Gasteiger partial charge < -0.3 is 10.1 Å². The molecular weight excluding hydrogens is 300 g/mol. The van der Waals surface area contributed by atoms with E-state index in [1.54, 1.807) is 18.2 Å². The van der Waals surface area contributed by atoms with Crippen molar-refractivity contribution in [2.24, 2.45) is 0 Å². The highest BCUT2D eigenvalue weighted by molar-refractivity contribution is 6.42. The zero-order valence-electron chi connectivity index (χ0n) is 8.81. The van der Waals surface area contributed by atoms with Gasteiger partial charge in [0.2, 0.25) is 0 Å². The van der Waals surface area contributed by atoms with Crippen LogP contribution in [0.1, 0.15) is 5.56 Å². The molecule has 0 atom stereocenters. The Balaban J connectivity index is 2.26. The fourth-order valence-electron chi connectivity index (χ4n) is 1.42. The average Bonchev–Trinajstić information content (AvgIpc) is 2.65. The molecule has 2 rings (SSSR count). The first-order chi connectivity index (χ1) is 8.47. The normalized spacial score (nSPS) is 10.6. The van der Waals surface area contributed by atoms with E-state index in [1.807, 2.05) is 0 Å². The third-order valence-corrected chi connectivity index (χ3v) is 3.21. The number of aromatic nitrogens is 2. The van der Waals surface area contributed by atoms with Gasteiger partial charge in [0.1, 0.15) is 0 Å². The lowest BCUT2D eigenvalue weighted by molar-refractivity contribution is -0.389. The molecule has 0 saturated carbocycles. The van der Waals surface area contributed by atoms with Crippen molar-refractivity contribution in [3.05, 3.63) is 55.1 Å². The van der Waals surface area contributed by atoms with E-state index in [2.05, 4.69) is 5.10 Å². The maximum atomic E-state index is 10.6. The predicted molar refractivity (Wildman–Crippen MR) is 69.5 cm³/mol. The van der Waals surface area contributed by atoms with Crippen LogP contribution in [0.2, 0.25) is 15.1 Å². The summed E-state index contributed by atoms with van der Waals surface area (Å²) >= 11 is 17.4. The van der Waals surface area contributed by atoms with E-state index in [9.17, 15) is 10.1 Å². The first-order valence-corrected chi connectivity index (χ1v) is 5.92. The Labute approximate surface area is 117 Å². The van der Waals surface area contributed by atoms with Gasteiger partial charge >= 0.3 is 5.82 Å². The summed E-state index contributed by atoms with van der Waals surface area (Å²) in [6.45, 7) is 0.324. The molecule has 0 aliphatic rings. The van der Waals surface area contributed by atoms with Gasteiger partial charge in [0, 0.05) is 0 Å². The molecule has 0 spiro atoms. The van der Waals surface area contributed by atoms with Crippen molar-refractivity contribution in [3.63, 3.8) is 0 Å². The van der Waals surface area contributed by atoms with Gasteiger partial charge in [-0.05, 0) is 22.6 Å².